The van der Waals surface area contributed by atoms with Crippen LogP contribution in [0.3, 0.4) is 0 Å². The second-order valence-electron chi connectivity index (χ2n) is 1.37. The maximum Gasteiger partial charge on any atom is 0.185 e. The van der Waals surface area contributed by atoms with Crippen molar-refractivity contribution in [3.05, 3.63) is 24.2 Å². The summed E-state index contributed by atoms with van der Waals surface area (Å²) in [6.07, 6.45) is 2.88. The Morgan fingerprint density at radius 1 is 1.42 bits per heavy atom. The molecule has 0 aliphatic rings. The van der Waals surface area contributed by atoms with Crippen molar-refractivity contribution in [1.82, 2.24) is 0 Å². The van der Waals surface area contributed by atoms with Gasteiger partial charge in [-0.05, 0) is 19.1 Å². The number of furan rings is 1. The second-order valence-corrected chi connectivity index (χ2v) is 1.37. The van der Waals surface area contributed by atoms with E-state index in [0.717, 1.165) is 6.29 Å². The van der Waals surface area contributed by atoms with Gasteiger partial charge in [0.05, 0.1) is 6.26 Å². The highest BCUT2D eigenvalue weighted by Crippen LogP contribution is 1.92. The molecule has 4 heteroatoms. The van der Waals surface area contributed by atoms with Gasteiger partial charge in [-0.2, -0.15) is 0 Å². The lowest BCUT2D eigenvalue weighted by Crippen LogP contribution is -1.65. The average Bonchev–Trinajstić information content (AvgIpc) is 2.61. The summed E-state index contributed by atoms with van der Waals surface area (Å²) in [5.41, 5.74) is 0. The highest BCUT2D eigenvalue weighted by molar-refractivity contribution is 5.69. The van der Waals surface area contributed by atoms with E-state index in [1.165, 1.54) is 13.2 Å². The van der Waals surface area contributed by atoms with Gasteiger partial charge in [-0.25, -0.2) is 0 Å². The lowest BCUT2D eigenvalue weighted by atomic mass is 10.5. The first-order valence-corrected chi connectivity index (χ1v) is 3.02. The highest BCUT2D eigenvalue weighted by atomic mass is 16.3. The van der Waals surface area contributed by atoms with Gasteiger partial charge >= 0.3 is 0 Å². The van der Waals surface area contributed by atoms with Crippen molar-refractivity contribution in [1.29, 1.82) is 0 Å². The largest absolute Gasteiger partial charge is 0.462 e. The monoisotopic (exact) mass is 170 g/mol. The van der Waals surface area contributed by atoms with Crippen LogP contribution in [0, 0.1) is 0 Å². The maximum absolute atomic E-state index is 9.77. The van der Waals surface area contributed by atoms with E-state index in [2.05, 4.69) is 4.42 Å². The Kier molecular flexibility index (Phi) is 12.9. The fourth-order valence-corrected chi connectivity index (χ4v) is 0.358. The third kappa shape index (κ3) is 8.29. The molecule has 0 aliphatic carbocycles. The Bertz CT molecular complexity index is 191. The van der Waals surface area contributed by atoms with E-state index >= 15 is 0 Å². The Morgan fingerprint density at radius 3 is 2.08 bits per heavy atom. The Morgan fingerprint density at radius 2 is 1.92 bits per heavy atom. The molecule has 12 heavy (non-hydrogen) atoms. The van der Waals surface area contributed by atoms with E-state index < -0.39 is 0 Å². The molecule has 0 unspecified atom stereocenters. The Labute approximate surface area is 70.2 Å². The quantitative estimate of drug-likeness (QED) is 0.592. The van der Waals surface area contributed by atoms with Gasteiger partial charge in [-0.3, -0.25) is 4.79 Å². The van der Waals surface area contributed by atoms with Crippen LogP contribution >= 0.6 is 0 Å². The summed E-state index contributed by atoms with van der Waals surface area (Å²) < 4.78 is 4.61. The van der Waals surface area contributed by atoms with Crippen LogP contribution in [0.4, 0.5) is 0 Å². The third-order valence-corrected chi connectivity index (χ3v) is 0.659. The number of aldehydes is 2. The number of hydrogen-bond donors (Lipinski definition) is 0. The molecule has 0 bridgehead atoms. The van der Waals surface area contributed by atoms with Crippen molar-refractivity contribution in [2.24, 2.45) is 0 Å². The first-order valence-electron chi connectivity index (χ1n) is 3.02. The van der Waals surface area contributed by atoms with E-state index in [1.54, 1.807) is 12.1 Å². The molecular weight excluding hydrogens is 160 g/mol. The fourth-order valence-electron chi connectivity index (χ4n) is 0.358. The molecule has 0 saturated carbocycles. The van der Waals surface area contributed by atoms with Crippen LogP contribution < -0.4 is 0 Å². The smallest absolute Gasteiger partial charge is 0.185 e. The number of hydrogen-bond acceptors (Lipinski definition) is 4. The minimum atomic E-state index is 0.375. The summed E-state index contributed by atoms with van der Waals surface area (Å²) in [5.74, 6) is 0.375. The maximum atomic E-state index is 9.77. The van der Waals surface area contributed by atoms with Gasteiger partial charge < -0.3 is 14.0 Å². The molecular formula is C8H10O4. The minimum absolute atomic E-state index is 0.375. The van der Waals surface area contributed by atoms with E-state index in [1.807, 2.05) is 6.79 Å². The van der Waals surface area contributed by atoms with Crippen LogP contribution in [-0.4, -0.2) is 19.4 Å². The highest BCUT2D eigenvalue weighted by Gasteiger charge is 1.84. The van der Waals surface area contributed by atoms with Crippen LogP contribution in [0.1, 0.15) is 17.5 Å². The molecule has 0 fully saturated rings. The molecule has 0 saturated heterocycles. The zero-order valence-electron chi connectivity index (χ0n) is 6.73. The molecule has 1 rings (SSSR count). The number of rotatable bonds is 1. The standard InChI is InChI=1S/C5H4O2.C2H4O.CH2O/c6-4-5-2-1-3-7-5;1-2-3;1-2/h1-4H;2H,1H3;1H2. The van der Waals surface area contributed by atoms with Crippen molar-refractivity contribution >= 4 is 19.4 Å². The first kappa shape index (κ1) is 12.9. The summed E-state index contributed by atoms with van der Waals surface area (Å²) in [6, 6.07) is 3.27. The van der Waals surface area contributed by atoms with Gasteiger partial charge in [0.15, 0.2) is 12.0 Å². The molecule has 1 aromatic rings. The molecule has 4 nitrogen and oxygen atoms in total. The molecule has 1 heterocycles. The molecule has 0 aliphatic heterocycles. The van der Waals surface area contributed by atoms with Crippen molar-refractivity contribution in [2.75, 3.05) is 0 Å². The van der Waals surface area contributed by atoms with Crippen LogP contribution in [0.2, 0.25) is 0 Å². The number of carbonyl (C=O) groups is 3. The molecule has 0 radical (unpaired) electrons. The van der Waals surface area contributed by atoms with E-state index in [4.69, 9.17) is 9.59 Å². The summed E-state index contributed by atoms with van der Waals surface area (Å²) in [6.45, 7) is 3.44. The average molecular weight is 170 g/mol. The predicted molar refractivity (Wildman–Crippen MR) is 43.0 cm³/mol. The Hall–Kier alpha value is -1.71. The SMILES string of the molecule is C=O.CC=O.O=Cc1ccco1. The summed E-state index contributed by atoms with van der Waals surface area (Å²) >= 11 is 0. The summed E-state index contributed by atoms with van der Waals surface area (Å²) in [5, 5.41) is 0. The Balaban J connectivity index is 0. The predicted octanol–water partition coefficient (Wildman–Crippen LogP) is 1.11. The van der Waals surface area contributed by atoms with Crippen LogP contribution in [0.5, 0.6) is 0 Å². The number of carbonyl (C=O) groups excluding carboxylic acids is 3. The second kappa shape index (κ2) is 12.0. The van der Waals surface area contributed by atoms with Crippen molar-refractivity contribution in [3.8, 4) is 0 Å². The van der Waals surface area contributed by atoms with Crippen molar-refractivity contribution in [3.63, 3.8) is 0 Å². The molecule has 0 aromatic carbocycles. The van der Waals surface area contributed by atoms with Gasteiger partial charge in [0.1, 0.15) is 13.1 Å². The van der Waals surface area contributed by atoms with E-state index in [-0.39, 0.29) is 0 Å². The summed E-state index contributed by atoms with van der Waals surface area (Å²) in [4.78, 5) is 26.6. The zero-order chi connectivity index (χ0) is 9.82. The van der Waals surface area contributed by atoms with Gasteiger partial charge in [-0.15, -0.1) is 0 Å². The molecule has 0 spiro atoms. The van der Waals surface area contributed by atoms with Gasteiger partial charge in [0.2, 0.25) is 0 Å². The molecule has 1 aromatic heterocycles. The topological polar surface area (TPSA) is 64.3 Å². The van der Waals surface area contributed by atoms with Crippen LogP contribution in [0.25, 0.3) is 0 Å². The third-order valence-electron chi connectivity index (χ3n) is 0.659. The molecule has 0 amide bonds. The van der Waals surface area contributed by atoms with Crippen LogP contribution in [0.15, 0.2) is 22.8 Å². The van der Waals surface area contributed by atoms with E-state index in [0.29, 0.717) is 12.0 Å². The summed E-state index contributed by atoms with van der Waals surface area (Å²) in [7, 11) is 0. The normalized spacial score (nSPS) is 6.42. The molecule has 0 atom stereocenters. The lowest BCUT2D eigenvalue weighted by Gasteiger charge is -1.68. The van der Waals surface area contributed by atoms with Crippen molar-refractivity contribution in [2.45, 2.75) is 6.92 Å². The zero-order valence-corrected chi connectivity index (χ0v) is 6.73. The minimum Gasteiger partial charge on any atom is -0.462 e. The van der Waals surface area contributed by atoms with Gasteiger partial charge in [0.25, 0.3) is 0 Å². The molecule has 66 valence electrons. The van der Waals surface area contributed by atoms with E-state index in [9.17, 15) is 4.79 Å². The first-order chi connectivity index (χ1) is 5.85. The van der Waals surface area contributed by atoms with Gasteiger partial charge in [0, 0.05) is 0 Å². The lowest BCUT2D eigenvalue weighted by molar-refractivity contribution is -0.106. The molecule has 0 N–H and O–H groups in total. The van der Waals surface area contributed by atoms with Gasteiger partial charge in [-0.1, -0.05) is 0 Å². The van der Waals surface area contributed by atoms with Crippen LogP contribution in [-0.2, 0) is 9.59 Å². The fraction of sp³-hybridized carbons (Fsp3) is 0.125. The van der Waals surface area contributed by atoms with Crippen molar-refractivity contribution < 1.29 is 18.8 Å².